The Morgan fingerprint density at radius 3 is 2.52 bits per heavy atom. The third-order valence-electron chi connectivity index (χ3n) is 3.85. The normalized spacial score (nSPS) is 16.6. The number of rotatable bonds is 9. The van der Waals surface area contributed by atoms with Crippen molar-refractivity contribution in [3.63, 3.8) is 0 Å². The van der Waals surface area contributed by atoms with Crippen LogP contribution in [0.5, 0.6) is 0 Å². The standard InChI is InChI=1S/C16H30N2O3/c1-3-21-15(19)10-6-4-7-11-17-14(2)16(20)18-12-8-5-9-13-18/h14,17H,3-13H2,1-2H3. The Morgan fingerprint density at radius 2 is 1.86 bits per heavy atom. The minimum Gasteiger partial charge on any atom is -0.466 e. The van der Waals surface area contributed by atoms with E-state index >= 15 is 0 Å². The molecule has 122 valence electrons. The molecule has 0 bridgehead atoms. The van der Waals surface area contributed by atoms with E-state index < -0.39 is 0 Å². The monoisotopic (exact) mass is 298 g/mol. The molecule has 1 heterocycles. The van der Waals surface area contributed by atoms with E-state index in [1.165, 1.54) is 6.42 Å². The van der Waals surface area contributed by atoms with Crippen LogP contribution >= 0.6 is 0 Å². The fourth-order valence-electron chi connectivity index (χ4n) is 2.60. The number of hydrogen-bond donors (Lipinski definition) is 1. The van der Waals surface area contributed by atoms with Crippen LogP contribution in [0.25, 0.3) is 0 Å². The van der Waals surface area contributed by atoms with Crippen LogP contribution in [-0.2, 0) is 14.3 Å². The summed E-state index contributed by atoms with van der Waals surface area (Å²) in [6.07, 6.45) is 6.82. The zero-order valence-electron chi connectivity index (χ0n) is 13.5. The molecular weight excluding hydrogens is 268 g/mol. The first kappa shape index (κ1) is 18.0. The molecule has 1 amide bonds. The minimum absolute atomic E-state index is 0.104. The number of ether oxygens (including phenoxy) is 1. The first-order valence-corrected chi connectivity index (χ1v) is 8.33. The Balaban J connectivity index is 2.03. The van der Waals surface area contributed by atoms with Crippen LogP contribution < -0.4 is 5.32 Å². The third kappa shape index (κ3) is 7.46. The average molecular weight is 298 g/mol. The molecule has 1 unspecified atom stereocenters. The molecule has 21 heavy (non-hydrogen) atoms. The van der Waals surface area contributed by atoms with Gasteiger partial charge in [-0.15, -0.1) is 0 Å². The van der Waals surface area contributed by atoms with E-state index in [-0.39, 0.29) is 17.9 Å². The summed E-state index contributed by atoms with van der Waals surface area (Å²) in [5.41, 5.74) is 0. The van der Waals surface area contributed by atoms with Crippen molar-refractivity contribution in [2.24, 2.45) is 0 Å². The second kappa shape index (κ2) is 10.6. The lowest BCUT2D eigenvalue weighted by atomic mass is 10.1. The Labute approximate surface area is 128 Å². The van der Waals surface area contributed by atoms with Crippen molar-refractivity contribution in [1.29, 1.82) is 0 Å². The van der Waals surface area contributed by atoms with Gasteiger partial charge >= 0.3 is 5.97 Å². The molecule has 5 nitrogen and oxygen atoms in total. The van der Waals surface area contributed by atoms with Crippen molar-refractivity contribution in [1.82, 2.24) is 10.2 Å². The molecule has 5 heteroatoms. The maximum absolute atomic E-state index is 12.2. The lowest BCUT2D eigenvalue weighted by Gasteiger charge is -2.29. The molecule has 1 fully saturated rings. The molecule has 1 rings (SSSR count). The van der Waals surface area contributed by atoms with E-state index in [4.69, 9.17) is 4.74 Å². The SMILES string of the molecule is CCOC(=O)CCCCCNC(C)C(=O)N1CCCCC1. The number of likely N-dealkylation sites (tertiary alicyclic amines) is 1. The molecule has 1 N–H and O–H groups in total. The summed E-state index contributed by atoms with van der Waals surface area (Å²) in [7, 11) is 0. The highest BCUT2D eigenvalue weighted by atomic mass is 16.5. The summed E-state index contributed by atoms with van der Waals surface area (Å²) >= 11 is 0. The number of carbonyl (C=O) groups excluding carboxylic acids is 2. The van der Waals surface area contributed by atoms with Gasteiger partial charge in [0.05, 0.1) is 12.6 Å². The van der Waals surface area contributed by atoms with E-state index in [2.05, 4.69) is 5.32 Å². The van der Waals surface area contributed by atoms with E-state index in [0.29, 0.717) is 13.0 Å². The van der Waals surface area contributed by atoms with Crippen molar-refractivity contribution in [3.05, 3.63) is 0 Å². The fourth-order valence-corrected chi connectivity index (χ4v) is 2.60. The van der Waals surface area contributed by atoms with Gasteiger partial charge in [0.25, 0.3) is 0 Å². The lowest BCUT2D eigenvalue weighted by molar-refractivity contribution is -0.143. The molecule has 0 aliphatic carbocycles. The molecule has 1 aliphatic heterocycles. The van der Waals surface area contributed by atoms with E-state index in [1.54, 1.807) is 0 Å². The van der Waals surface area contributed by atoms with Gasteiger partial charge in [0.2, 0.25) is 5.91 Å². The van der Waals surface area contributed by atoms with Crippen molar-refractivity contribution in [3.8, 4) is 0 Å². The summed E-state index contributed by atoms with van der Waals surface area (Å²) in [5.74, 6) is 0.111. The Hall–Kier alpha value is -1.10. The van der Waals surface area contributed by atoms with Gasteiger partial charge in [-0.3, -0.25) is 9.59 Å². The number of nitrogens with zero attached hydrogens (tertiary/aromatic N) is 1. The molecule has 0 spiro atoms. The number of carbonyl (C=O) groups is 2. The first-order chi connectivity index (χ1) is 10.1. The van der Waals surface area contributed by atoms with E-state index in [1.807, 2.05) is 18.7 Å². The van der Waals surface area contributed by atoms with Crippen LogP contribution in [0.4, 0.5) is 0 Å². The van der Waals surface area contributed by atoms with Crippen molar-refractivity contribution in [2.45, 2.75) is 64.8 Å². The quantitative estimate of drug-likeness (QED) is 0.523. The highest BCUT2D eigenvalue weighted by Crippen LogP contribution is 2.10. The summed E-state index contributed by atoms with van der Waals surface area (Å²) in [6, 6.07) is -0.104. The summed E-state index contributed by atoms with van der Waals surface area (Å²) < 4.78 is 4.88. The van der Waals surface area contributed by atoms with Crippen LogP contribution in [0.2, 0.25) is 0 Å². The van der Waals surface area contributed by atoms with Gasteiger partial charge in [0.15, 0.2) is 0 Å². The second-order valence-electron chi connectivity index (χ2n) is 5.68. The number of amides is 1. The Bertz CT molecular complexity index is 315. The molecule has 1 atom stereocenters. The summed E-state index contributed by atoms with van der Waals surface area (Å²) in [5, 5.41) is 3.29. The van der Waals surface area contributed by atoms with Gasteiger partial charge in [0, 0.05) is 19.5 Å². The third-order valence-corrected chi connectivity index (χ3v) is 3.85. The van der Waals surface area contributed by atoms with Gasteiger partial charge in [-0.05, 0) is 52.5 Å². The molecule has 1 aliphatic rings. The number of esters is 1. The number of unbranched alkanes of at least 4 members (excludes halogenated alkanes) is 2. The van der Waals surface area contributed by atoms with Gasteiger partial charge in [0.1, 0.15) is 0 Å². The van der Waals surface area contributed by atoms with Crippen molar-refractivity contribution >= 4 is 11.9 Å². The Kier molecular flexibility index (Phi) is 9.06. The highest BCUT2D eigenvalue weighted by Gasteiger charge is 2.21. The molecule has 0 aromatic rings. The predicted octanol–water partition coefficient (Wildman–Crippen LogP) is 2.10. The van der Waals surface area contributed by atoms with Crippen molar-refractivity contribution < 1.29 is 14.3 Å². The maximum atomic E-state index is 12.2. The summed E-state index contributed by atoms with van der Waals surface area (Å²) in [6.45, 7) is 6.85. The molecule has 0 aromatic carbocycles. The molecular formula is C16H30N2O3. The molecule has 1 saturated heterocycles. The van der Waals surface area contributed by atoms with Crippen LogP contribution in [-0.4, -0.2) is 49.1 Å². The summed E-state index contributed by atoms with van der Waals surface area (Å²) in [4.78, 5) is 25.3. The highest BCUT2D eigenvalue weighted by molar-refractivity contribution is 5.81. The Morgan fingerprint density at radius 1 is 1.14 bits per heavy atom. The van der Waals surface area contributed by atoms with Crippen LogP contribution in [0.15, 0.2) is 0 Å². The first-order valence-electron chi connectivity index (χ1n) is 8.33. The van der Waals surface area contributed by atoms with Gasteiger partial charge in [-0.25, -0.2) is 0 Å². The largest absolute Gasteiger partial charge is 0.466 e. The van der Waals surface area contributed by atoms with Crippen LogP contribution in [0.1, 0.15) is 58.8 Å². The smallest absolute Gasteiger partial charge is 0.305 e. The number of piperidine rings is 1. The maximum Gasteiger partial charge on any atom is 0.305 e. The number of hydrogen-bond acceptors (Lipinski definition) is 4. The van der Waals surface area contributed by atoms with Gasteiger partial charge in [-0.2, -0.15) is 0 Å². The number of nitrogens with one attached hydrogen (secondary N) is 1. The van der Waals surface area contributed by atoms with Crippen molar-refractivity contribution in [2.75, 3.05) is 26.2 Å². The average Bonchev–Trinajstić information content (AvgIpc) is 2.51. The molecule has 0 saturated carbocycles. The second-order valence-corrected chi connectivity index (χ2v) is 5.68. The predicted molar refractivity (Wildman–Crippen MR) is 83.0 cm³/mol. The van der Waals surface area contributed by atoms with E-state index in [0.717, 1.165) is 51.7 Å². The van der Waals surface area contributed by atoms with Gasteiger partial charge in [-0.1, -0.05) is 6.42 Å². The topological polar surface area (TPSA) is 58.6 Å². The van der Waals surface area contributed by atoms with Crippen LogP contribution in [0, 0.1) is 0 Å². The fraction of sp³-hybridized carbons (Fsp3) is 0.875. The van der Waals surface area contributed by atoms with Gasteiger partial charge < -0.3 is 15.0 Å². The molecule has 0 radical (unpaired) electrons. The molecule has 0 aromatic heterocycles. The zero-order valence-corrected chi connectivity index (χ0v) is 13.5. The van der Waals surface area contributed by atoms with E-state index in [9.17, 15) is 9.59 Å². The zero-order chi connectivity index (χ0) is 15.5. The van der Waals surface area contributed by atoms with Crippen LogP contribution in [0.3, 0.4) is 0 Å². The minimum atomic E-state index is -0.112. The lowest BCUT2D eigenvalue weighted by Crippen LogP contribution is -2.47.